The van der Waals surface area contributed by atoms with E-state index in [1.807, 2.05) is 0 Å². The molecule has 1 atom stereocenters. The molecule has 0 saturated carbocycles. The highest BCUT2D eigenvalue weighted by molar-refractivity contribution is 5.69. The average molecular weight is 198 g/mol. The molecule has 1 aromatic rings. The number of carbonyl (C=O) groups excluding carboxylic acids is 1. The number of esters is 1. The van der Waals surface area contributed by atoms with Gasteiger partial charge < -0.3 is 10.5 Å². The molecule has 3 nitrogen and oxygen atoms in total. The number of ether oxygens (including phenoxy) is 1. The van der Waals surface area contributed by atoms with E-state index in [4.69, 9.17) is 0 Å². The van der Waals surface area contributed by atoms with Crippen molar-refractivity contribution in [2.45, 2.75) is 12.5 Å². The van der Waals surface area contributed by atoms with Crippen molar-refractivity contribution < 1.29 is 19.7 Å². The molecule has 76 valence electrons. The molecule has 4 heteroatoms. The SMILES string of the molecule is COC(=O)C[C@H]([NH3+])c1cccc(F)c1. The van der Waals surface area contributed by atoms with Gasteiger partial charge in [-0.3, -0.25) is 4.79 Å². The molecule has 0 unspecified atom stereocenters. The van der Waals surface area contributed by atoms with Crippen LogP contribution in [0.15, 0.2) is 24.3 Å². The van der Waals surface area contributed by atoms with Crippen LogP contribution in [0.1, 0.15) is 18.0 Å². The Bertz CT molecular complexity index is 328. The van der Waals surface area contributed by atoms with Gasteiger partial charge in [-0.2, -0.15) is 0 Å². The summed E-state index contributed by atoms with van der Waals surface area (Å²) >= 11 is 0. The molecule has 0 saturated heterocycles. The molecule has 0 fully saturated rings. The summed E-state index contributed by atoms with van der Waals surface area (Å²) in [7, 11) is 1.32. The molecule has 14 heavy (non-hydrogen) atoms. The highest BCUT2D eigenvalue weighted by atomic mass is 19.1. The zero-order chi connectivity index (χ0) is 10.6. The first-order valence-corrected chi connectivity index (χ1v) is 4.29. The third-order valence-electron chi connectivity index (χ3n) is 1.96. The highest BCUT2D eigenvalue weighted by Crippen LogP contribution is 2.13. The number of hydrogen-bond donors (Lipinski definition) is 1. The monoisotopic (exact) mass is 198 g/mol. The number of benzene rings is 1. The zero-order valence-corrected chi connectivity index (χ0v) is 8.00. The van der Waals surface area contributed by atoms with E-state index in [1.165, 1.54) is 19.2 Å². The van der Waals surface area contributed by atoms with Gasteiger partial charge in [-0.1, -0.05) is 12.1 Å². The Morgan fingerprint density at radius 3 is 2.93 bits per heavy atom. The summed E-state index contributed by atoms with van der Waals surface area (Å²) in [6.07, 6.45) is 0.167. The van der Waals surface area contributed by atoms with Crippen LogP contribution in [0.5, 0.6) is 0 Å². The second-order valence-electron chi connectivity index (χ2n) is 3.03. The maximum absolute atomic E-state index is 12.8. The summed E-state index contributed by atoms with van der Waals surface area (Å²) in [5.74, 6) is -0.657. The third-order valence-corrected chi connectivity index (χ3v) is 1.96. The van der Waals surface area contributed by atoms with Crippen LogP contribution in [0, 0.1) is 5.82 Å². The van der Waals surface area contributed by atoms with Crippen LogP contribution < -0.4 is 5.73 Å². The molecule has 0 bridgehead atoms. The fraction of sp³-hybridized carbons (Fsp3) is 0.300. The van der Waals surface area contributed by atoms with Crippen molar-refractivity contribution in [1.29, 1.82) is 0 Å². The lowest BCUT2D eigenvalue weighted by atomic mass is 10.1. The topological polar surface area (TPSA) is 53.9 Å². The fourth-order valence-corrected chi connectivity index (χ4v) is 1.16. The average Bonchev–Trinajstić information content (AvgIpc) is 2.17. The van der Waals surface area contributed by atoms with Gasteiger partial charge in [-0.05, 0) is 12.1 Å². The van der Waals surface area contributed by atoms with Gasteiger partial charge in [0.25, 0.3) is 0 Å². The predicted molar refractivity (Wildman–Crippen MR) is 48.7 cm³/mol. The Morgan fingerprint density at radius 1 is 1.64 bits per heavy atom. The summed E-state index contributed by atoms with van der Waals surface area (Å²) in [5, 5.41) is 0. The minimum atomic E-state index is -0.339. The smallest absolute Gasteiger partial charge is 0.311 e. The van der Waals surface area contributed by atoms with Gasteiger partial charge in [0.2, 0.25) is 0 Å². The van der Waals surface area contributed by atoms with E-state index in [1.54, 1.807) is 12.1 Å². The summed E-state index contributed by atoms with van der Waals surface area (Å²) in [6.45, 7) is 0. The molecule has 1 rings (SSSR count). The van der Waals surface area contributed by atoms with E-state index >= 15 is 0 Å². The number of methoxy groups -OCH3 is 1. The van der Waals surface area contributed by atoms with Gasteiger partial charge in [0.05, 0.1) is 7.11 Å². The van der Waals surface area contributed by atoms with Crippen LogP contribution >= 0.6 is 0 Å². The van der Waals surface area contributed by atoms with Crippen molar-refractivity contribution in [3.63, 3.8) is 0 Å². The standard InChI is InChI=1S/C10H12FNO2/c1-14-10(13)6-9(12)7-3-2-4-8(11)5-7/h2-5,9H,6,12H2,1H3/p+1/t9-/m0/s1. The molecule has 0 heterocycles. The Balaban J connectivity index is 2.69. The molecular weight excluding hydrogens is 185 g/mol. The zero-order valence-electron chi connectivity index (χ0n) is 8.00. The molecule has 0 aliphatic carbocycles. The second kappa shape index (κ2) is 4.72. The van der Waals surface area contributed by atoms with Crippen molar-refractivity contribution in [2.75, 3.05) is 7.11 Å². The molecule has 1 aromatic carbocycles. The van der Waals surface area contributed by atoms with E-state index in [9.17, 15) is 9.18 Å². The van der Waals surface area contributed by atoms with Crippen molar-refractivity contribution in [1.82, 2.24) is 0 Å². The van der Waals surface area contributed by atoms with Crippen LogP contribution in [-0.4, -0.2) is 13.1 Å². The number of rotatable bonds is 3. The van der Waals surface area contributed by atoms with E-state index in [0.29, 0.717) is 5.56 Å². The van der Waals surface area contributed by atoms with Crippen molar-refractivity contribution in [3.8, 4) is 0 Å². The molecule has 0 aromatic heterocycles. The van der Waals surface area contributed by atoms with Crippen molar-refractivity contribution in [3.05, 3.63) is 35.6 Å². The first kappa shape index (κ1) is 10.7. The summed E-state index contributed by atoms with van der Waals surface area (Å²) in [4.78, 5) is 10.9. The third kappa shape index (κ3) is 2.81. The van der Waals surface area contributed by atoms with Crippen LogP contribution in [-0.2, 0) is 9.53 Å². The molecule has 0 spiro atoms. The predicted octanol–water partition coefficient (Wildman–Crippen LogP) is 0.672. The number of carbonyl (C=O) groups is 1. The largest absolute Gasteiger partial charge is 0.469 e. The van der Waals surface area contributed by atoms with E-state index in [2.05, 4.69) is 10.5 Å². The van der Waals surface area contributed by atoms with Crippen molar-refractivity contribution in [2.24, 2.45) is 0 Å². The number of hydrogen-bond acceptors (Lipinski definition) is 2. The lowest BCUT2D eigenvalue weighted by molar-refractivity contribution is -0.425. The molecule has 0 amide bonds. The van der Waals surface area contributed by atoms with Crippen LogP contribution in [0.25, 0.3) is 0 Å². The van der Waals surface area contributed by atoms with E-state index < -0.39 is 0 Å². The Morgan fingerprint density at radius 2 is 2.36 bits per heavy atom. The summed E-state index contributed by atoms with van der Waals surface area (Å²) in [5.41, 5.74) is 4.47. The Kier molecular flexibility index (Phi) is 3.59. The van der Waals surface area contributed by atoms with Gasteiger partial charge in [-0.15, -0.1) is 0 Å². The summed E-state index contributed by atoms with van der Waals surface area (Å²) in [6, 6.07) is 5.80. The lowest BCUT2D eigenvalue weighted by Crippen LogP contribution is -2.54. The van der Waals surface area contributed by atoms with Crippen LogP contribution in [0.4, 0.5) is 4.39 Å². The van der Waals surface area contributed by atoms with Crippen LogP contribution in [0.2, 0.25) is 0 Å². The quantitative estimate of drug-likeness (QED) is 0.726. The maximum atomic E-state index is 12.8. The maximum Gasteiger partial charge on any atom is 0.311 e. The Hall–Kier alpha value is -1.42. The lowest BCUT2D eigenvalue weighted by Gasteiger charge is -2.06. The highest BCUT2D eigenvalue weighted by Gasteiger charge is 2.15. The first-order chi connectivity index (χ1) is 6.63. The first-order valence-electron chi connectivity index (χ1n) is 4.29. The van der Waals surface area contributed by atoms with Gasteiger partial charge in [0, 0.05) is 5.56 Å². The van der Waals surface area contributed by atoms with Gasteiger partial charge in [0.15, 0.2) is 0 Å². The fourth-order valence-electron chi connectivity index (χ4n) is 1.16. The van der Waals surface area contributed by atoms with Gasteiger partial charge >= 0.3 is 5.97 Å². The molecule has 0 aliphatic heterocycles. The molecular formula is C10H13FNO2+. The van der Waals surface area contributed by atoms with Crippen LogP contribution in [0.3, 0.4) is 0 Å². The molecule has 3 N–H and O–H groups in total. The van der Waals surface area contributed by atoms with E-state index in [-0.39, 0.29) is 24.2 Å². The molecule has 0 radical (unpaired) electrons. The second-order valence-corrected chi connectivity index (χ2v) is 3.03. The number of halogens is 1. The molecule has 0 aliphatic rings. The van der Waals surface area contributed by atoms with Gasteiger partial charge in [-0.25, -0.2) is 4.39 Å². The minimum Gasteiger partial charge on any atom is -0.469 e. The van der Waals surface area contributed by atoms with Crippen molar-refractivity contribution >= 4 is 5.97 Å². The normalized spacial score (nSPS) is 12.2. The van der Waals surface area contributed by atoms with E-state index in [0.717, 1.165) is 0 Å². The Labute approximate surface area is 81.7 Å². The van der Waals surface area contributed by atoms with Gasteiger partial charge in [0.1, 0.15) is 18.3 Å². The summed E-state index contributed by atoms with van der Waals surface area (Å²) < 4.78 is 17.3. The number of quaternary nitrogens is 1. The minimum absolute atomic E-state index is 0.167.